The normalized spacial score (nSPS) is 13.5. The number of carbonyl (C=O) groups is 1. The SMILES string of the molecule is Nc1c(C(=O)N2CCc3ccccc3C2)sc2nc(-c3ccccc3)cnc12. The molecule has 138 valence electrons. The van der Waals surface area contributed by atoms with Crippen LogP contribution >= 0.6 is 11.3 Å². The molecule has 0 radical (unpaired) electrons. The predicted octanol–water partition coefficient (Wildman–Crippen LogP) is 4.14. The first kappa shape index (κ1) is 16.9. The lowest BCUT2D eigenvalue weighted by Crippen LogP contribution is -2.35. The van der Waals surface area contributed by atoms with Gasteiger partial charge in [0.2, 0.25) is 0 Å². The summed E-state index contributed by atoms with van der Waals surface area (Å²) >= 11 is 1.33. The molecule has 0 bridgehead atoms. The van der Waals surface area contributed by atoms with Crippen molar-refractivity contribution < 1.29 is 4.79 Å². The molecule has 3 heterocycles. The van der Waals surface area contributed by atoms with Crippen LogP contribution in [0.15, 0.2) is 60.8 Å². The first-order chi connectivity index (χ1) is 13.7. The van der Waals surface area contributed by atoms with E-state index in [2.05, 4.69) is 17.1 Å². The molecule has 2 aromatic heterocycles. The number of amides is 1. The highest BCUT2D eigenvalue weighted by molar-refractivity contribution is 7.21. The number of fused-ring (bicyclic) bond motifs is 2. The maximum atomic E-state index is 13.2. The van der Waals surface area contributed by atoms with Crippen molar-refractivity contribution in [3.8, 4) is 11.3 Å². The third-order valence-corrected chi connectivity index (χ3v) is 6.20. The van der Waals surface area contributed by atoms with Crippen molar-refractivity contribution in [2.75, 3.05) is 12.3 Å². The quantitative estimate of drug-likeness (QED) is 0.562. The summed E-state index contributed by atoms with van der Waals surface area (Å²) in [5, 5.41) is 0. The Balaban J connectivity index is 1.49. The van der Waals surface area contributed by atoms with Crippen LogP contribution in [-0.2, 0) is 13.0 Å². The second-order valence-electron chi connectivity index (χ2n) is 6.87. The number of thiophene rings is 1. The zero-order valence-corrected chi connectivity index (χ0v) is 15.9. The van der Waals surface area contributed by atoms with Gasteiger partial charge in [0.1, 0.15) is 15.2 Å². The van der Waals surface area contributed by atoms with Gasteiger partial charge in [-0.15, -0.1) is 11.3 Å². The van der Waals surface area contributed by atoms with E-state index < -0.39 is 0 Å². The fraction of sp³-hybridized carbons (Fsp3) is 0.136. The van der Waals surface area contributed by atoms with Crippen molar-refractivity contribution >= 4 is 33.3 Å². The molecule has 4 aromatic rings. The molecule has 1 aliphatic heterocycles. The number of nitrogens with two attached hydrogens (primary N) is 1. The molecule has 0 unspecified atom stereocenters. The highest BCUT2D eigenvalue weighted by atomic mass is 32.1. The van der Waals surface area contributed by atoms with Gasteiger partial charge in [-0.1, -0.05) is 54.6 Å². The van der Waals surface area contributed by atoms with E-state index in [1.54, 1.807) is 6.20 Å². The number of hydrogen-bond donors (Lipinski definition) is 1. The van der Waals surface area contributed by atoms with E-state index in [0.717, 1.165) is 17.7 Å². The second kappa shape index (κ2) is 6.73. The van der Waals surface area contributed by atoms with Gasteiger partial charge in [-0.3, -0.25) is 4.79 Å². The largest absolute Gasteiger partial charge is 0.396 e. The van der Waals surface area contributed by atoms with Gasteiger partial charge in [-0.05, 0) is 17.5 Å². The highest BCUT2D eigenvalue weighted by Gasteiger charge is 2.26. The molecule has 6 heteroatoms. The molecule has 2 N–H and O–H groups in total. The fourth-order valence-electron chi connectivity index (χ4n) is 3.61. The number of anilines is 1. The van der Waals surface area contributed by atoms with E-state index >= 15 is 0 Å². The van der Waals surface area contributed by atoms with Crippen molar-refractivity contribution in [1.82, 2.24) is 14.9 Å². The molecule has 5 nitrogen and oxygen atoms in total. The van der Waals surface area contributed by atoms with Crippen molar-refractivity contribution in [3.05, 3.63) is 76.8 Å². The van der Waals surface area contributed by atoms with E-state index in [-0.39, 0.29) is 5.91 Å². The number of rotatable bonds is 2. The zero-order chi connectivity index (χ0) is 19.1. The van der Waals surface area contributed by atoms with Gasteiger partial charge in [-0.2, -0.15) is 0 Å². The molecule has 1 aliphatic rings. The molecular weight excluding hydrogens is 368 g/mol. The predicted molar refractivity (Wildman–Crippen MR) is 112 cm³/mol. The third kappa shape index (κ3) is 2.82. The number of benzene rings is 2. The Labute approximate surface area is 166 Å². The minimum absolute atomic E-state index is 0.0435. The zero-order valence-electron chi connectivity index (χ0n) is 15.1. The lowest BCUT2D eigenvalue weighted by atomic mass is 10.00. The molecule has 0 fully saturated rings. The number of nitrogens with zero attached hydrogens (tertiary/aromatic N) is 3. The van der Waals surface area contributed by atoms with Crippen molar-refractivity contribution in [1.29, 1.82) is 0 Å². The topological polar surface area (TPSA) is 72.1 Å². The Bertz CT molecular complexity index is 1190. The summed E-state index contributed by atoms with van der Waals surface area (Å²) in [6.45, 7) is 1.30. The summed E-state index contributed by atoms with van der Waals surface area (Å²) in [6.07, 6.45) is 2.58. The van der Waals surface area contributed by atoms with Crippen molar-refractivity contribution in [3.63, 3.8) is 0 Å². The van der Waals surface area contributed by atoms with Crippen LogP contribution in [-0.4, -0.2) is 27.3 Å². The average Bonchev–Trinajstić information content (AvgIpc) is 3.09. The van der Waals surface area contributed by atoms with E-state index in [4.69, 9.17) is 10.7 Å². The molecule has 1 amide bonds. The fourth-order valence-corrected chi connectivity index (χ4v) is 4.63. The Morgan fingerprint density at radius 3 is 2.61 bits per heavy atom. The lowest BCUT2D eigenvalue weighted by Gasteiger charge is -2.28. The van der Waals surface area contributed by atoms with Crippen molar-refractivity contribution in [2.45, 2.75) is 13.0 Å². The molecule has 0 aliphatic carbocycles. The smallest absolute Gasteiger partial charge is 0.266 e. The van der Waals surface area contributed by atoms with Gasteiger partial charge in [0.05, 0.1) is 17.6 Å². The van der Waals surface area contributed by atoms with E-state index in [0.29, 0.717) is 34.0 Å². The maximum absolute atomic E-state index is 13.2. The van der Waals surface area contributed by atoms with Crippen LogP contribution in [0.1, 0.15) is 20.8 Å². The Morgan fingerprint density at radius 2 is 1.79 bits per heavy atom. The molecule has 0 spiro atoms. The second-order valence-corrected chi connectivity index (χ2v) is 7.86. The number of carbonyl (C=O) groups excluding carboxylic acids is 1. The minimum atomic E-state index is -0.0435. The van der Waals surface area contributed by atoms with Gasteiger partial charge in [0.15, 0.2) is 0 Å². The Morgan fingerprint density at radius 1 is 1.04 bits per heavy atom. The van der Waals surface area contributed by atoms with Crippen LogP contribution in [0.25, 0.3) is 21.6 Å². The summed E-state index contributed by atoms with van der Waals surface area (Å²) in [5.41, 5.74) is 11.6. The van der Waals surface area contributed by atoms with Crippen LogP contribution in [0, 0.1) is 0 Å². The average molecular weight is 386 g/mol. The highest BCUT2D eigenvalue weighted by Crippen LogP contribution is 2.34. The standard InChI is InChI=1S/C22H18N4OS/c23-18-19-21(25-17(12-24-19)15-7-2-1-3-8-15)28-20(18)22(27)26-11-10-14-6-4-5-9-16(14)13-26/h1-9,12H,10-11,13,23H2. The first-order valence-corrected chi connectivity index (χ1v) is 9.99. The monoisotopic (exact) mass is 386 g/mol. The maximum Gasteiger partial charge on any atom is 0.266 e. The van der Waals surface area contributed by atoms with Gasteiger partial charge >= 0.3 is 0 Å². The van der Waals surface area contributed by atoms with E-state index in [1.165, 1.54) is 22.5 Å². The van der Waals surface area contributed by atoms with Gasteiger partial charge < -0.3 is 10.6 Å². The Kier molecular flexibility index (Phi) is 4.06. The first-order valence-electron chi connectivity index (χ1n) is 9.17. The molecular formula is C22H18N4OS. The number of hydrogen-bond acceptors (Lipinski definition) is 5. The molecule has 0 atom stereocenters. The van der Waals surface area contributed by atoms with Crippen LogP contribution in [0.2, 0.25) is 0 Å². The minimum Gasteiger partial charge on any atom is -0.396 e. The van der Waals surface area contributed by atoms with Crippen LogP contribution in [0.5, 0.6) is 0 Å². The van der Waals surface area contributed by atoms with E-state index in [1.807, 2.05) is 47.4 Å². The Hall–Kier alpha value is -3.25. The summed E-state index contributed by atoms with van der Waals surface area (Å²) in [5.74, 6) is -0.0435. The molecule has 0 saturated heterocycles. The molecule has 28 heavy (non-hydrogen) atoms. The molecule has 2 aromatic carbocycles. The van der Waals surface area contributed by atoms with E-state index in [9.17, 15) is 4.79 Å². The number of aromatic nitrogens is 2. The van der Waals surface area contributed by atoms with Gasteiger partial charge in [0.25, 0.3) is 5.91 Å². The summed E-state index contributed by atoms with van der Waals surface area (Å²) in [4.78, 5) is 25.4. The van der Waals surface area contributed by atoms with Gasteiger partial charge in [0, 0.05) is 18.7 Å². The third-order valence-electron chi connectivity index (χ3n) is 5.12. The van der Waals surface area contributed by atoms with Crippen LogP contribution in [0.4, 0.5) is 5.69 Å². The molecule has 0 saturated carbocycles. The molecule has 5 rings (SSSR count). The summed E-state index contributed by atoms with van der Waals surface area (Å²) in [7, 11) is 0. The number of nitrogen functional groups attached to an aromatic ring is 1. The van der Waals surface area contributed by atoms with Gasteiger partial charge in [-0.25, -0.2) is 9.97 Å². The lowest BCUT2D eigenvalue weighted by molar-refractivity contribution is 0.0740. The van der Waals surface area contributed by atoms with Crippen LogP contribution in [0.3, 0.4) is 0 Å². The summed E-state index contributed by atoms with van der Waals surface area (Å²) < 4.78 is 0. The summed E-state index contributed by atoms with van der Waals surface area (Å²) in [6, 6.07) is 18.1. The van der Waals surface area contributed by atoms with Crippen molar-refractivity contribution in [2.24, 2.45) is 0 Å². The van der Waals surface area contributed by atoms with Crippen LogP contribution < -0.4 is 5.73 Å².